The van der Waals surface area contributed by atoms with Crippen molar-refractivity contribution in [3.05, 3.63) is 18.0 Å². The molecule has 2 aromatic heterocycles. The molecule has 5 heteroatoms. The molecule has 2 aliphatic rings. The van der Waals surface area contributed by atoms with Crippen molar-refractivity contribution >= 4 is 16.9 Å². The SMILES string of the molecule is CCCC(C)Nc1ncc2c(OC3CCC3)ncc(C3CCCCC3)c2n1. The van der Waals surface area contributed by atoms with Crippen molar-refractivity contribution in [2.75, 3.05) is 5.32 Å². The van der Waals surface area contributed by atoms with Gasteiger partial charge in [-0.25, -0.2) is 15.0 Å². The molecular weight excluding hydrogens is 336 g/mol. The number of aromatic nitrogens is 3. The van der Waals surface area contributed by atoms with E-state index in [0.717, 1.165) is 42.5 Å². The number of hydrogen-bond acceptors (Lipinski definition) is 5. The summed E-state index contributed by atoms with van der Waals surface area (Å²) < 4.78 is 6.15. The second kappa shape index (κ2) is 8.41. The highest BCUT2D eigenvalue weighted by Crippen LogP contribution is 2.38. The van der Waals surface area contributed by atoms with Crippen LogP contribution in [0.4, 0.5) is 5.95 Å². The Hall–Kier alpha value is -1.91. The van der Waals surface area contributed by atoms with Gasteiger partial charge in [0.15, 0.2) is 0 Å². The average Bonchev–Trinajstić information content (AvgIpc) is 2.65. The lowest BCUT2D eigenvalue weighted by molar-refractivity contribution is 0.116. The summed E-state index contributed by atoms with van der Waals surface area (Å²) in [5.41, 5.74) is 2.31. The molecule has 0 amide bonds. The molecule has 2 saturated carbocycles. The van der Waals surface area contributed by atoms with Crippen molar-refractivity contribution < 1.29 is 4.74 Å². The largest absolute Gasteiger partial charge is 0.474 e. The van der Waals surface area contributed by atoms with E-state index in [1.165, 1.54) is 44.1 Å². The van der Waals surface area contributed by atoms with Gasteiger partial charge >= 0.3 is 0 Å². The van der Waals surface area contributed by atoms with Gasteiger partial charge in [-0.2, -0.15) is 0 Å². The van der Waals surface area contributed by atoms with Crippen molar-refractivity contribution in [3.63, 3.8) is 0 Å². The van der Waals surface area contributed by atoms with Crippen LogP contribution in [-0.2, 0) is 0 Å². The summed E-state index contributed by atoms with van der Waals surface area (Å²) >= 11 is 0. The molecule has 2 fully saturated rings. The monoisotopic (exact) mass is 368 g/mol. The molecule has 2 heterocycles. The predicted molar refractivity (Wildman–Crippen MR) is 109 cm³/mol. The van der Waals surface area contributed by atoms with Gasteiger partial charge in [0.05, 0.1) is 10.9 Å². The summed E-state index contributed by atoms with van der Waals surface area (Å²) in [4.78, 5) is 14.2. The summed E-state index contributed by atoms with van der Waals surface area (Å²) in [5.74, 6) is 1.99. The maximum atomic E-state index is 6.15. The van der Waals surface area contributed by atoms with Crippen LogP contribution in [0.5, 0.6) is 5.88 Å². The zero-order valence-electron chi connectivity index (χ0n) is 16.7. The molecule has 0 bridgehead atoms. The third-order valence-corrected chi connectivity index (χ3v) is 6.09. The van der Waals surface area contributed by atoms with E-state index in [9.17, 15) is 0 Å². The number of anilines is 1. The number of ether oxygens (including phenoxy) is 1. The Morgan fingerprint density at radius 3 is 2.59 bits per heavy atom. The molecule has 1 atom stereocenters. The van der Waals surface area contributed by atoms with Gasteiger partial charge in [0.1, 0.15) is 6.10 Å². The van der Waals surface area contributed by atoms with E-state index in [1.54, 1.807) is 0 Å². The summed E-state index contributed by atoms with van der Waals surface area (Å²) in [6, 6.07) is 0.373. The fourth-order valence-corrected chi connectivity index (χ4v) is 4.27. The van der Waals surface area contributed by atoms with Crippen molar-refractivity contribution in [1.82, 2.24) is 15.0 Å². The van der Waals surface area contributed by atoms with E-state index in [1.807, 2.05) is 12.4 Å². The van der Waals surface area contributed by atoms with Gasteiger partial charge in [0.25, 0.3) is 0 Å². The van der Waals surface area contributed by atoms with Gasteiger partial charge in [-0.3, -0.25) is 0 Å². The Kier molecular flexibility index (Phi) is 5.74. The molecule has 1 unspecified atom stereocenters. The van der Waals surface area contributed by atoms with Crippen LogP contribution in [-0.4, -0.2) is 27.1 Å². The lowest BCUT2D eigenvalue weighted by Crippen LogP contribution is -2.25. The molecule has 0 aliphatic heterocycles. The van der Waals surface area contributed by atoms with Crippen LogP contribution in [0.3, 0.4) is 0 Å². The first kappa shape index (κ1) is 18.5. The molecule has 0 saturated heterocycles. The maximum Gasteiger partial charge on any atom is 0.224 e. The van der Waals surface area contributed by atoms with Crippen LogP contribution in [0.15, 0.2) is 12.4 Å². The molecule has 0 spiro atoms. The van der Waals surface area contributed by atoms with Crippen LogP contribution in [0, 0.1) is 0 Å². The molecule has 4 rings (SSSR count). The van der Waals surface area contributed by atoms with E-state index in [0.29, 0.717) is 23.9 Å². The van der Waals surface area contributed by atoms with E-state index in [-0.39, 0.29) is 0 Å². The predicted octanol–water partition coefficient (Wildman–Crippen LogP) is 5.60. The fraction of sp³-hybridized carbons (Fsp3) is 0.682. The summed E-state index contributed by atoms with van der Waals surface area (Å²) in [6.07, 6.45) is 16.4. The first-order chi connectivity index (χ1) is 13.2. The Balaban J connectivity index is 1.69. The highest BCUT2D eigenvalue weighted by molar-refractivity contribution is 5.86. The van der Waals surface area contributed by atoms with Gasteiger partial charge in [-0.1, -0.05) is 32.6 Å². The highest BCUT2D eigenvalue weighted by atomic mass is 16.5. The number of nitrogens with one attached hydrogen (secondary N) is 1. The second-order valence-corrected chi connectivity index (χ2v) is 8.31. The lowest BCUT2D eigenvalue weighted by atomic mass is 9.84. The molecule has 2 aliphatic carbocycles. The van der Waals surface area contributed by atoms with E-state index in [2.05, 4.69) is 24.1 Å². The molecule has 0 radical (unpaired) electrons. The number of pyridine rings is 1. The smallest absolute Gasteiger partial charge is 0.224 e. The quantitative estimate of drug-likeness (QED) is 0.689. The maximum absolute atomic E-state index is 6.15. The van der Waals surface area contributed by atoms with Crippen LogP contribution in [0.1, 0.15) is 89.5 Å². The van der Waals surface area contributed by atoms with Crippen molar-refractivity contribution in [1.29, 1.82) is 0 Å². The van der Waals surface area contributed by atoms with Gasteiger partial charge in [0, 0.05) is 24.0 Å². The molecule has 27 heavy (non-hydrogen) atoms. The van der Waals surface area contributed by atoms with Gasteiger partial charge in [0.2, 0.25) is 11.8 Å². The molecule has 1 N–H and O–H groups in total. The van der Waals surface area contributed by atoms with Crippen LogP contribution in [0.25, 0.3) is 10.9 Å². The van der Waals surface area contributed by atoms with Gasteiger partial charge in [-0.15, -0.1) is 0 Å². The zero-order chi connectivity index (χ0) is 18.6. The Bertz CT molecular complexity index is 768. The standard InChI is InChI=1S/C22H32N4O/c1-3-8-15(2)25-22-24-14-19-20(26-22)18(16-9-5-4-6-10-16)13-23-21(19)27-17-11-7-12-17/h13-17H,3-12H2,1-2H3,(H,24,25,26). The minimum absolute atomic E-state index is 0.309. The van der Waals surface area contributed by atoms with Crippen LogP contribution in [0.2, 0.25) is 0 Å². The number of fused-ring (bicyclic) bond motifs is 1. The minimum atomic E-state index is 0.309. The van der Waals surface area contributed by atoms with Gasteiger partial charge in [-0.05, 0) is 51.4 Å². The molecule has 5 nitrogen and oxygen atoms in total. The van der Waals surface area contributed by atoms with Crippen molar-refractivity contribution in [3.8, 4) is 5.88 Å². The first-order valence-corrected chi connectivity index (χ1v) is 10.8. The zero-order valence-corrected chi connectivity index (χ0v) is 16.7. The number of nitrogens with zero attached hydrogens (tertiary/aromatic N) is 3. The Morgan fingerprint density at radius 1 is 1.07 bits per heavy atom. The normalized spacial score (nSPS) is 19.6. The molecular formula is C22H32N4O. The highest BCUT2D eigenvalue weighted by Gasteiger charge is 2.24. The second-order valence-electron chi connectivity index (χ2n) is 8.31. The molecule has 0 aromatic carbocycles. The third kappa shape index (κ3) is 4.17. The van der Waals surface area contributed by atoms with Crippen LogP contribution < -0.4 is 10.1 Å². The Morgan fingerprint density at radius 2 is 1.89 bits per heavy atom. The minimum Gasteiger partial charge on any atom is -0.474 e. The van der Waals surface area contributed by atoms with Gasteiger partial charge < -0.3 is 10.1 Å². The van der Waals surface area contributed by atoms with Crippen molar-refractivity contribution in [2.24, 2.45) is 0 Å². The topological polar surface area (TPSA) is 59.9 Å². The number of hydrogen-bond donors (Lipinski definition) is 1. The molecule has 146 valence electrons. The summed E-state index contributed by atoms with van der Waals surface area (Å²) in [7, 11) is 0. The van der Waals surface area contributed by atoms with E-state index < -0.39 is 0 Å². The van der Waals surface area contributed by atoms with E-state index >= 15 is 0 Å². The van der Waals surface area contributed by atoms with Crippen molar-refractivity contribution in [2.45, 2.75) is 96.1 Å². The first-order valence-electron chi connectivity index (χ1n) is 10.8. The average molecular weight is 369 g/mol. The fourth-order valence-electron chi connectivity index (χ4n) is 4.27. The molecule has 2 aromatic rings. The van der Waals surface area contributed by atoms with Crippen LogP contribution >= 0.6 is 0 Å². The summed E-state index contributed by atoms with van der Waals surface area (Å²) in [5, 5.41) is 4.44. The third-order valence-electron chi connectivity index (χ3n) is 6.09. The lowest BCUT2D eigenvalue weighted by Gasteiger charge is -2.27. The Labute approximate surface area is 162 Å². The van der Waals surface area contributed by atoms with E-state index in [4.69, 9.17) is 14.7 Å². The summed E-state index contributed by atoms with van der Waals surface area (Å²) in [6.45, 7) is 4.40. The number of rotatable bonds is 7.